The fourth-order valence-corrected chi connectivity index (χ4v) is 3.87. The molecule has 4 nitrogen and oxygen atoms in total. The maximum absolute atomic E-state index is 12.5. The standard InChI is InChI=1S/C24H23ClN2O2/c1-3-5-14-27-21-9-7-6-8-18(21)19-15-20(24(28)29-4-2)26-22(23(19)27)16-10-12-17(25)13-11-16/h6-13,15H,3-5,14H2,1-2H3. The van der Waals surface area contributed by atoms with Crippen molar-refractivity contribution in [3.05, 3.63) is 65.3 Å². The molecule has 29 heavy (non-hydrogen) atoms. The molecule has 4 rings (SSSR count). The average molecular weight is 407 g/mol. The van der Waals surface area contributed by atoms with Gasteiger partial charge in [-0.2, -0.15) is 0 Å². The number of halogens is 1. The van der Waals surface area contributed by atoms with Gasteiger partial charge in [0.15, 0.2) is 0 Å². The molecule has 0 fully saturated rings. The highest BCUT2D eigenvalue weighted by molar-refractivity contribution is 6.30. The maximum Gasteiger partial charge on any atom is 0.356 e. The summed E-state index contributed by atoms with van der Waals surface area (Å²) in [6.07, 6.45) is 2.16. The summed E-state index contributed by atoms with van der Waals surface area (Å²) in [6, 6.07) is 17.7. The molecule has 0 bridgehead atoms. The molecule has 0 atom stereocenters. The molecule has 0 spiro atoms. The number of aromatic nitrogens is 2. The molecule has 5 heteroatoms. The number of unbranched alkanes of at least 4 members (excludes halogenated alkanes) is 1. The Hall–Kier alpha value is -2.85. The van der Waals surface area contributed by atoms with E-state index in [1.807, 2.05) is 42.5 Å². The average Bonchev–Trinajstić information content (AvgIpc) is 3.06. The largest absolute Gasteiger partial charge is 0.461 e. The number of hydrogen-bond donors (Lipinski definition) is 0. The van der Waals surface area contributed by atoms with Crippen molar-refractivity contribution in [3.8, 4) is 11.3 Å². The molecule has 0 unspecified atom stereocenters. The summed E-state index contributed by atoms with van der Waals surface area (Å²) in [4.78, 5) is 17.3. The van der Waals surface area contributed by atoms with Crippen LogP contribution in [-0.4, -0.2) is 22.1 Å². The smallest absolute Gasteiger partial charge is 0.356 e. The molecule has 2 aromatic heterocycles. The Bertz CT molecular complexity index is 1180. The highest BCUT2D eigenvalue weighted by Crippen LogP contribution is 2.36. The van der Waals surface area contributed by atoms with Gasteiger partial charge < -0.3 is 9.30 Å². The van der Waals surface area contributed by atoms with Gasteiger partial charge in [-0.1, -0.05) is 55.3 Å². The van der Waals surface area contributed by atoms with Crippen LogP contribution in [0.4, 0.5) is 0 Å². The molecule has 0 aliphatic heterocycles. The third kappa shape index (κ3) is 3.60. The third-order valence-corrected chi connectivity index (χ3v) is 5.34. The molecule has 0 radical (unpaired) electrons. The van der Waals surface area contributed by atoms with Gasteiger partial charge in [0.25, 0.3) is 0 Å². The Kier molecular flexibility index (Phi) is 5.54. The predicted molar refractivity (Wildman–Crippen MR) is 119 cm³/mol. The van der Waals surface area contributed by atoms with Crippen LogP contribution in [0.2, 0.25) is 5.02 Å². The SMILES string of the molecule is CCCCn1c2ccccc2c2cc(C(=O)OCC)nc(-c3ccc(Cl)cc3)c21. The molecule has 0 aliphatic carbocycles. The van der Waals surface area contributed by atoms with Crippen molar-refractivity contribution in [2.45, 2.75) is 33.2 Å². The topological polar surface area (TPSA) is 44.1 Å². The number of esters is 1. The van der Waals surface area contributed by atoms with Gasteiger partial charge in [-0.05, 0) is 37.6 Å². The van der Waals surface area contributed by atoms with E-state index >= 15 is 0 Å². The summed E-state index contributed by atoms with van der Waals surface area (Å²) in [6.45, 7) is 5.19. The molecule has 0 saturated heterocycles. The highest BCUT2D eigenvalue weighted by Gasteiger charge is 2.20. The molecular formula is C24H23ClN2O2. The van der Waals surface area contributed by atoms with Crippen molar-refractivity contribution in [3.63, 3.8) is 0 Å². The summed E-state index contributed by atoms with van der Waals surface area (Å²) in [7, 11) is 0. The fourth-order valence-electron chi connectivity index (χ4n) is 3.74. The molecule has 0 N–H and O–H groups in total. The monoisotopic (exact) mass is 406 g/mol. The minimum atomic E-state index is -0.407. The van der Waals surface area contributed by atoms with Crippen LogP contribution in [-0.2, 0) is 11.3 Å². The summed E-state index contributed by atoms with van der Waals surface area (Å²) < 4.78 is 7.56. The molecular weight excluding hydrogens is 384 g/mol. The van der Waals surface area contributed by atoms with Gasteiger partial charge in [0.1, 0.15) is 5.69 Å². The summed E-state index contributed by atoms with van der Waals surface area (Å²) in [5, 5.41) is 2.79. The predicted octanol–water partition coefficient (Wildman–Crippen LogP) is 6.49. The first-order valence-corrected chi connectivity index (χ1v) is 10.4. The number of fused-ring (bicyclic) bond motifs is 3. The number of nitrogens with zero attached hydrogens (tertiary/aromatic N) is 2. The van der Waals surface area contributed by atoms with Crippen molar-refractivity contribution in [2.24, 2.45) is 0 Å². The number of carbonyl (C=O) groups is 1. The van der Waals surface area contributed by atoms with Crippen molar-refractivity contribution in [1.29, 1.82) is 0 Å². The van der Waals surface area contributed by atoms with Gasteiger partial charge >= 0.3 is 5.97 Å². The normalized spacial score (nSPS) is 11.3. The number of rotatable bonds is 6. The lowest BCUT2D eigenvalue weighted by molar-refractivity contribution is 0.0520. The van der Waals surface area contributed by atoms with Gasteiger partial charge in [-0.15, -0.1) is 0 Å². The minimum Gasteiger partial charge on any atom is -0.461 e. The van der Waals surface area contributed by atoms with E-state index in [9.17, 15) is 4.79 Å². The van der Waals surface area contributed by atoms with E-state index < -0.39 is 5.97 Å². The van der Waals surface area contributed by atoms with Crippen LogP contribution >= 0.6 is 11.6 Å². The number of carbonyl (C=O) groups excluding carboxylic acids is 1. The zero-order valence-electron chi connectivity index (χ0n) is 16.6. The molecule has 0 saturated carbocycles. The van der Waals surface area contributed by atoms with Gasteiger partial charge in [-0.25, -0.2) is 9.78 Å². The molecule has 0 aliphatic rings. The van der Waals surface area contributed by atoms with Crippen LogP contribution in [0.25, 0.3) is 33.1 Å². The Labute approximate surface area is 175 Å². The highest BCUT2D eigenvalue weighted by atomic mass is 35.5. The van der Waals surface area contributed by atoms with Crippen molar-refractivity contribution in [1.82, 2.24) is 9.55 Å². The van der Waals surface area contributed by atoms with E-state index in [1.54, 1.807) is 6.92 Å². The first-order valence-electron chi connectivity index (χ1n) is 9.99. The molecule has 4 aromatic rings. The number of ether oxygens (including phenoxy) is 1. The van der Waals surface area contributed by atoms with E-state index in [0.29, 0.717) is 17.3 Å². The van der Waals surface area contributed by atoms with E-state index in [1.165, 1.54) is 0 Å². The minimum absolute atomic E-state index is 0.313. The second kappa shape index (κ2) is 8.26. The van der Waals surface area contributed by atoms with E-state index in [2.05, 4.69) is 23.6 Å². The van der Waals surface area contributed by atoms with Gasteiger partial charge in [0, 0.05) is 33.4 Å². The van der Waals surface area contributed by atoms with E-state index in [-0.39, 0.29) is 0 Å². The lowest BCUT2D eigenvalue weighted by Gasteiger charge is -2.12. The van der Waals surface area contributed by atoms with Gasteiger partial charge in [0.05, 0.1) is 17.8 Å². The number of benzene rings is 2. The molecule has 148 valence electrons. The van der Waals surface area contributed by atoms with E-state index in [0.717, 1.165) is 52.4 Å². The summed E-state index contributed by atoms with van der Waals surface area (Å²) in [5.41, 5.74) is 4.20. The number of aryl methyl sites for hydroxylation is 1. The van der Waals surface area contributed by atoms with Crippen molar-refractivity contribution < 1.29 is 9.53 Å². The van der Waals surface area contributed by atoms with Crippen molar-refractivity contribution >= 4 is 39.4 Å². The lowest BCUT2D eigenvalue weighted by Crippen LogP contribution is -2.08. The van der Waals surface area contributed by atoms with Gasteiger partial charge in [0.2, 0.25) is 0 Å². The zero-order chi connectivity index (χ0) is 20.4. The second-order valence-electron chi connectivity index (χ2n) is 7.00. The quantitative estimate of drug-likeness (QED) is 0.344. The Morgan fingerprint density at radius 3 is 2.55 bits per heavy atom. The Balaban J connectivity index is 2.08. The van der Waals surface area contributed by atoms with Crippen LogP contribution in [0.15, 0.2) is 54.6 Å². The van der Waals surface area contributed by atoms with Crippen LogP contribution in [0, 0.1) is 0 Å². The third-order valence-electron chi connectivity index (χ3n) is 5.09. The van der Waals surface area contributed by atoms with Crippen molar-refractivity contribution in [2.75, 3.05) is 6.61 Å². The first-order chi connectivity index (χ1) is 14.1. The number of hydrogen-bond acceptors (Lipinski definition) is 3. The lowest BCUT2D eigenvalue weighted by atomic mass is 10.1. The Morgan fingerprint density at radius 2 is 1.83 bits per heavy atom. The van der Waals surface area contributed by atoms with Crippen LogP contribution in [0.1, 0.15) is 37.2 Å². The van der Waals surface area contributed by atoms with Crippen LogP contribution in [0.3, 0.4) is 0 Å². The molecule has 0 amide bonds. The second-order valence-corrected chi connectivity index (χ2v) is 7.44. The number of pyridine rings is 1. The zero-order valence-corrected chi connectivity index (χ0v) is 17.4. The molecule has 2 aromatic carbocycles. The van der Waals surface area contributed by atoms with Crippen LogP contribution < -0.4 is 0 Å². The number of para-hydroxylation sites is 1. The van der Waals surface area contributed by atoms with E-state index in [4.69, 9.17) is 21.3 Å². The fraction of sp³-hybridized carbons (Fsp3) is 0.250. The molecule has 2 heterocycles. The maximum atomic E-state index is 12.5. The first kappa shape index (κ1) is 19.5. The Morgan fingerprint density at radius 1 is 1.07 bits per heavy atom. The summed E-state index contributed by atoms with van der Waals surface area (Å²) >= 11 is 6.10. The summed E-state index contributed by atoms with van der Waals surface area (Å²) in [5.74, 6) is -0.407. The van der Waals surface area contributed by atoms with Gasteiger partial charge in [-0.3, -0.25) is 0 Å². The van der Waals surface area contributed by atoms with Crippen LogP contribution in [0.5, 0.6) is 0 Å².